The third kappa shape index (κ3) is 3.45. The highest BCUT2D eigenvalue weighted by atomic mass is 19.1. The Labute approximate surface area is 151 Å². The summed E-state index contributed by atoms with van der Waals surface area (Å²) < 4.78 is 18.8. The van der Waals surface area contributed by atoms with Gasteiger partial charge in [-0.15, -0.1) is 0 Å². The van der Waals surface area contributed by atoms with Gasteiger partial charge in [0.15, 0.2) is 5.78 Å². The average molecular weight is 354 g/mol. The molecule has 0 amide bonds. The summed E-state index contributed by atoms with van der Waals surface area (Å²) in [7, 11) is 0. The fourth-order valence-corrected chi connectivity index (χ4v) is 3.03. The van der Waals surface area contributed by atoms with Crippen molar-refractivity contribution >= 4 is 5.78 Å². The van der Waals surface area contributed by atoms with Crippen molar-refractivity contribution in [3.63, 3.8) is 0 Å². The molecular weight excluding hydrogens is 335 g/mol. The van der Waals surface area contributed by atoms with E-state index in [9.17, 15) is 14.3 Å². The molecule has 1 heterocycles. The zero-order chi connectivity index (χ0) is 18.9. The maximum Gasteiger partial charge on any atom is 0.176 e. The van der Waals surface area contributed by atoms with Gasteiger partial charge in [0, 0.05) is 11.1 Å². The molecule has 0 unspecified atom stereocenters. The summed E-state index contributed by atoms with van der Waals surface area (Å²) in [5, 5.41) is 22.9. The Balaban J connectivity index is 1.85. The van der Waals surface area contributed by atoms with Crippen LogP contribution in [0.1, 0.15) is 41.4 Å². The molecule has 2 aromatic carbocycles. The van der Waals surface area contributed by atoms with Crippen LogP contribution in [0.25, 0.3) is 0 Å². The fourth-order valence-electron chi connectivity index (χ4n) is 3.03. The van der Waals surface area contributed by atoms with E-state index in [0.717, 1.165) is 0 Å². The van der Waals surface area contributed by atoms with Crippen molar-refractivity contribution in [3.05, 3.63) is 65.0 Å². The minimum Gasteiger partial charge on any atom is -0.485 e. The van der Waals surface area contributed by atoms with Crippen molar-refractivity contribution in [1.29, 1.82) is 5.26 Å². The topological polar surface area (TPSA) is 82.3 Å². The number of ether oxygens (including phenoxy) is 1. The number of nitrogens with zero attached hydrogens (tertiary/aromatic N) is 1. The van der Waals surface area contributed by atoms with Crippen LogP contribution in [0.3, 0.4) is 0 Å². The van der Waals surface area contributed by atoms with Crippen LogP contribution in [0, 0.1) is 17.1 Å². The molecule has 0 fully saturated rings. The van der Waals surface area contributed by atoms with Crippen LogP contribution in [-0.2, 0) is 0 Å². The Morgan fingerprint density at radius 2 is 2.00 bits per heavy atom. The van der Waals surface area contributed by atoms with Gasteiger partial charge in [-0.25, -0.2) is 4.39 Å². The lowest BCUT2D eigenvalue weighted by Gasteiger charge is -2.42. The molecule has 0 bridgehead atoms. The number of aliphatic hydroxyl groups is 1. The van der Waals surface area contributed by atoms with Gasteiger partial charge < -0.3 is 15.2 Å². The summed E-state index contributed by atoms with van der Waals surface area (Å²) >= 11 is 0. The maximum absolute atomic E-state index is 13.0. The predicted octanol–water partition coefficient (Wildman–Crippen LogP) is 2.74. The predicted molar refractivity (Wildman–Crippen MR) is 93.3 cm³/mol. The van der Waals surface area contributed by atoms with E-state index in [2.05, 4.69) is 11.4 Å². The summed E-state index contributed by atoms with van der Waals surface area (Å²) in [4.78, 5) is 12.4. The van der Waals surface area contributed by atoms with Crippen LogP contribution < -0.4 is 10.1 Å². The highest BCUT2D eigenvalue weighted by molar-refractivity contribution is 5.97. The summed E-state index contributed by atoms with van der Waals surface area (Å²) in [6, 6.07) is 11.8. The van der Waals surface area contributed by atoms with Crippen LogP contribution in [-0.4, -0.2) is 29.1 Å². The van der Waals surface area contributed by atoms with E-state index in [4.69, 9.17) is 10.00 Å². The largest absolute Gasteiger partial charge is 0.485 e. The minimum absolute atomic E-state index is 0.0420. The summed E-state index contributed by atoms with van der Waals surface area (Å²) in [5.41, 5.74) is 0.585. The Hall–Kier alpha value is -2.75. The normalized spacial score (nSPS) is 20.6. The monoisotopic (exact) mass is 354 g/mol. The van der Waals surface area contributed by atoms with Crippen LogP contribution >= 0.6 is 0 Å². The van der Waals surface area contributed by atoms with Crippen molar-refractivity contribution < 1.29 is 19.0 Å². The standard InChI is InChI=1S/C20H19FN2O3/c1-20(2)19(25)18(15-9-12(10-22)3-8-17(15)26-20)23-11-16(24)13-4-6-14(21)7-5-13/h3-9,18-19,23,25H,11H2,1-2H3/t18-,19+/m1/s1. The molecule has 3 rings (SSSR count). The van der Waals surface area contributed by atoms with Gasteiger partial charge in [0.25, 0.3) is 0 Å². The van der Waals surface area contributed by atoms with Gasteiger partial charge in [-0.1, -0.05) is 0 Å². The van der Waals surface area contributed by atoms with Crippen molar-refractivity contribution in [2.45, 2.75) is 31.6 Å². The number of ketones is 1. The molecule has 0 saturated carbocycles. The molecule has 0 aliphatic carbocycles. The third-order valence-electron chi connectivity index (χ3n) is 4.52. The van der Waals surface area contributed by atoms with Gasteiger partial charge in [-0.2, -0.15) is 5.26 Å². The molecule has 6 heteroatoms. The second-order valence-electron chi connectivity index (χ2n) is 6.80. The second kappa shape index (κ2) is 6.87. The molecule has 1 aliphatic heterocycles. The highest BCUT2D eigenvalue weighted by Gasteiger charge is 2.42. The number of benzene rings is 2. The molecule has 2 aromatic rings. The van der Waals surface area contributed by atoms with Gasteiger partial charge in [0.2, 0.25) is 0 Å². The van der Waals surface area contributed by atoms with E-state index in [1.165, 1.54) is 24.3 Å². The smallest absolute Gasteiger partial charge is 0.176 e. The molecule has 134 valence electrons. The number of aliphatic hydroxyl groups excluding tert-OH is 1. The van der Waals surface area contributed by atoms with Gasteiger partial charge in [-0.05, 0) is 56.3 Å². The number of nitrogens with one attached hydrogen (secondary N) is 1. The number of fused-ring (bicyclic) bond motifs is 1. The fraction of sp³-hybridized carbons (Fsp3) is 0.300. The first-order chi connectivity index (χ1) is 12.3. The van der Waals surface area contributed by atoms with E-state index in [0.29, 0.717) is 22.4 Å². The highest BCUT2D eigenvalue weighted by Crippen LogP contribution is 2.40. The van der Waals surface area contributed by atoms with Crippen LogP contribution in [0.2, 0.25) is 0 Å². The van der Waals surface area contributed by atoms with Crippen molar-refractivity contribution in [3.8, 4) is 11.8 Å². The summed E-state index contributed by atoms with van der Waals surface area (Å²) in [6.07, 6.45) is -0.926. The van der Waals surface area contributed by atoms with Crippen LogP contribution in [0.5, 0.6) is 5.75 Å². The van der Waals surface area contributed by atoms with E-state index in [1.54, 1.807) is 32.0 Å². The lowest BCUT2D eigenvalue weighted by molar-refractivity contribution is -0.0640. The third-order valence-corrected chi connectivity index (χ3v) is 4.52. The average Bonchev–Trinajstić information content (AvgIpc) is 2.62. The van der Waals surface area contributed by atoms with Crippen molar-refractivity contribution in [2.75, 3.05) is 6.54 Å². The number of hydrogen-bond donors (Lipinski definition) is 2. The van der Waals surface area contributed by atoms with Gasteiger partial charge >= 0.3 is 0 Å². The first-order valence-electron chi connectivity index (χ1n) is 8.25. The summed E-state index contributed by atoms with van der Waals surface area (Å²) in [6.45, 7) is 3.48. The molecule has 2 N–H and O–H groups in total. The SMILES string of the molecule is CC1(C)Oc2ccc(C#N)cc2[C@@H](NCC(=O)c2ccc(F)cc2)[C@@H]1O. The zero-order valence-electron chi connectivity index (χ0n) is 14.5. The minimum atomic E-state index is -0.926. The number of carbonyl (C=O) groups is 1. The number of hydrogen-bond acceptors (Lipinski definition) is 5. The van der Waals surface area contributed by atoms with Crippen LogP contribution in [0.4, 0.5) is 4.39 Å². The van der Waals surface area contributed by atoms with E-state index in [1.807, 2.05) is 0 Å². The van der Waals surface area contributed by atoms with E-state index >= 15 is 0 Å². The number of Topliss-reactive ketones (excluding diaryl/α,β-unsaturated/α-hetero) is 1. The maximum atomic E-state index is 13.0. The zero-order valence-corrected chi connectivity index (χ0v) is 14.5. The number of rotatable bonds is 4. The molecule has 0 aromatic heterocycles. The Bertz CT molecular complexity index is 872. The number of carbonyl (C=O) groups excluding carboxylic acids is 1. The Morgan fingerprint density at radius 1 is 1.31 bits per heavy atom. The molecular formula is C20H19FN2O3. The molecule has 0 spiro atoms. The van der Waals surface area contributed by atoms with Crippen LogP contribution in [0.15, 0.2) is 42.5 Å². The van der Waals surface area contributed by atoms with Gasteiger partial charge in [-0.3, -0.25) is 4.79 Å². The lowest BCUT2D eigenvalue weighted by Crippen LogP contribution is -2.53. The molecule has 5 nitrogen and oxygen atoms in total. The van der Waals surface area contributed by atoms with E-state index in [-0.39, 0.29) is 12.3 Å². The van der Waals surface area contributed by atoms with Gasteiger partial charge in [0.05, 0.1) is 24.2 Å². The molecule has 0 saturated heterocycles. The Morgan fingerprint density at radius 3 is 2.65 bits per heavy atom. The number of halogens is 1. The van der Waals surface area contributed by atoms with Gasteiger partial charge in [0.1, 0.15) is 23.3 Å². The Kier molecular flexibility index (Phi) is 4.77. The summed E-state index contributed by atoms with van der Waals surface area (Å²) in [5.74, 6) is -0.0698. The molecule has 1 aliphatic rings. The first kappa shape index (κ1) is 18.1. The number of nitriles is 1. The molecule has 0 radical (unpaired) electrons. The van der Waals surface area contributed by atoms with E-state index < -0.39 is 23.6 Å². The first-order valence-corrected chi connectivity index (χ1v) is 8.25. The van der Waals surface area contributed by atoms with Crippen molar-refractivity contribution in [1.82, 2.24) is 5.32 Å². The van der Waals surface area contributed by atoms with Crippen molar-refractivity contribution in [2.24, 2.45) is 0 Å². The quantitative estimate of drug-likeness (QED) is 0.825. The molecule has 2 atom stereocenters. The lowest BCUT2D eigenvalue weighted by atomic mass is 9.86. The second-order valence-corrected chi connectivity index (χ2v) is 6.80. The molecule has 26 heavy (non-hydrogen) atoms.